The van der Waals surface area contributed by atoms with Crippen LogP contribution in [0.4, 0.5) is 5.95 Å². The summed E-state index contributed by atoms with van der Waals surface area (Å²) in [6, 6.07) is 11.6. The Kier molecular flexibility index (Phi) is 14.5. The van der Waals surface area contributed by atoms with Gasteiger partial charge in [0.1, 0.15) is 13.7 Å². The Morgan fingerprint density at radius 1 is 0.750 bits per heavy atom. The van der Waals surface area contributed by atoms with Crippen molar-refractivity contribution in [1.29, 1.82) is 0 Å². The molecule has 3 aromatic heterocycles. The molecular weight excluding hydrogens is 531 g/mol. The van der Waals surface area contributed by atoms with E-state index in [9.17, 15) is 0 Å². The van der Waals surface area contributed by atoms with Gasteiger partial charge in [-0.2, -0.15) is 0 Å². The maximum Gasteiger partial charge on any atom is 2.00 e. The van der Waals surface area contributed by atoms with E-state index in [4.69, 9.17) is 9.85 Å². The molecule has 0 amide bonds. The summed E-state index contributed by atoms with van der Waals surface area (Å²) >= 11 is 0. The Morgan fingerprint density at radius 3 is 1.64 bits per heavy atom. The third-order valence-corrected chi connectivity index (χ3v) is 10.8. The maximum absolute atomic E-state index is 4.87. The van der Waals surface area contributed by atoms with Crippen molar-refractivity contribution in [3.05, 3.63) is 65.3 Å². The average Bonchev–Trinajstić information content (AvgIpc) is 2.81. The molecule has 0 aliphatic rings. The summed E-state index contributed by atoms with van der Waals surface area (Å²) in [6.45, 7) is 19.8. The summed E-state index contributed by atoms with van der Waals surface area (Å²) in [6.07, 6.45) is 3.54. The molecule has 0 bridgehead atoms. The zero-order valence-electron chi connectivity index (χ0n) is 22.9. The van der Waals surface area contributed by atoms with Crippen LogP contribution in [-0.2, 0) is 16.8 Å². The summed E-state index contributed by atoms with van der Waals surface area (Å²) in [5.74, 6) is 1.28. The smallest absolute Gasteiger partial charge is 0.510 e. The van der Waals surface area contributed by atoms with Crippen LogP contribution in [-0.4, -0.2) is 42.6 Å². The molecule has 7 nitrogen and oxygen atoms in total. The van der Waals surface area contributed by atoms with Crippen molar-refractivity contribution in [3.8, 4) is 11.4 Å². The molecule has 10 heteroatoms. The van der Waals surface area contributed by atoms with Crippen molar-refractivity contribution < 1.29 is 16.8 Å². The number of pyridine rings is 2. The summed E-state index contributed by atoms with van der Waals surface area (Å²) in [7, 11) is -1.77. The number of hydrogen-bond donors (Lipinski definition) is 0. The third-order valence-electron chi connectivity index (χ3n) is 5.14. The van der Waals surface area contributed by atoms with E-state index in [1.165, 1.54) is 0 Å². The molecule has 0 aliphatic heterocycles. The van der Waals surface area contributed by atoms with Gasteiger partial charge < -0.3 is 15.1 Å². The third kappa shape index (κ3) is 10.7. The molecule has 0 spiro atoms. The van der Waals surface area contributed by atoms with E-state index in [1.807, 2.05) is 43.3 Å². The number of aromatic nitrogens is 5. The van der Waals surface area contributed by atoms with Crippen molar-refractivity contribution in [1.82, 2.24) is 24.9 Å². The zero-order valence-corrected chi connectivity index (χ0v) is 25.9. The van der Waals surface area contributed by atoms with Crippen molar-refractivity contribution in [2.45, 2.75) is 84.9 Å². The monoisotopic (exact) mass is 572 g/mol. The van der Waals surface area contributed by atoms with Crippen LogP contribution in [0.15, 0.2) is 53.6 Å². The molecule has 0 atom stereocenters. The standard InChI is InChI=1S/C16H32N5P2.C10H8N2.Co/c1-10(2)22(11(3)4)20-15-17-14(9)18-16(19-15)21-23(12(5)6)13(7)8;1-3-7-11-9(5-1)10-6-2-4-8-12-10;/h10-13,22H,1-9H3;1-8H;/q-1;;+2/p+1. The largest absolute Gasteiger partial charge is 2.00 e. The van der Waals surface area contributed by atoms with Gasteiger partial charge in [-0.1, -0.05) is 12.1 Å². The second-order valence-electron chi connectivity index (χ2n) is 9.60. The first-order valence-electron chi connectivity index (χ1n) is 12.3. The predicted octanol–water partition coefficient (Wildman–Crippen LogP) is 6.68. The van der Waals surface area contributed by atoms with Gasteiger partial charge in [-0.05, 0) is 92.4 Å². The van der Waals surface area contributed by atoms with E-state index in [2.05, 4.69) is 80.3 Å². The maximum atomic E-state index is 4.87. The van der Waals surface area contributed by atoms with E-state index in [0.29, 0.717) is 40.0 Å². The van der Waals surface area contributed by atoms with Crippen molar-refractivity contribution >= 4 is 22.1 Å². The predicted molar refractivity (Wildman–Crippen MR) is 153 cm³/mol. The van der Waals surface area contributed by atoms with E-state index in [0.717, 1.165) is 11.4 Å². The summed E-state index contributed by atoms with van der Waals surface area (Å²) in [4.78, 5) is 21.8. The van der Waals surface area contributed by atoms with Crippen LogP contribution in [0.1, 0.15) is 61.2 Å². The topological polar surface area (TPSA) is 92.1 Å². The molecule has 3 rings (SSSR count). The number of rotatable bonds is 8. The minimum atomic E-state index is -0.885. The molecule has 0 fully saturated rings. The number of nitrogens with zero attached hydrogens (tertiary/aromatic N) is 7. The van der Waals surface area contributed by atoms with Gasteiger partial charge in [0.05, 0.1) is 34.0 Å². The average molecular weight is 573 g/mol. The van der Waals surface area contributed by atoms with Gasteiger partial charge in [-0.15, -0.1) is 10.7 Å². The van der Waals surface area contributed by atoms with Crippen LogP contribution in [0.2, 0.25) is 0 Å². The molecule has 0 unspecified atom stereocenters. The fourth-order valence-electron chi connectivity index (χ4n) is 3.66. The van der Waals surface area contributed by atoms with Crippen LogP contribution in [0, 0.1) is 6.92 Å². The Labute approximate surface area is 229 Å². The quantitative estimate of drug-likeness (QED) is 0.281. The van der Waals surface area contributed by atoms with E-state index < -0.39 is 16.1 Å². The van der Waals surface area contributed by atoms with Crippen molar-refractivity contribution in [2.75, 3.05) is 0 Å². The van der Waals surface area contributed by atoms with Gasteiger partial charge in [0.15, 0.2) is 0 Å². The second kappa shape index (κ2) is 16.2. The fourth-order valence-corrected chi connectivity index (χ4v) is 8.02. The number of aryl methyl sites for hydroxylation is 1. The van der Waals surface area contributed by atoms with Gasteiger partial charge in [0.2, 0.25) is 0 Å². The van der Waals surface area contributed by atoms with E-state index in [-0.39, 0.29) is 16.8 Å². The van der Waals surface area contributed by atoms with Gasteiger partial charge >= 0.3 is 16.8 Å². The minimum absolute atomic E-state index is 0. The minimum Gasteiger partial charge on any atom is -0.510 e. The summed E-state index contributed by atoms with van der Waals surface area (Å²) < 4.78 is 4.87. The molecule has 3 aromatic rings. The molecule has 197 valence electrons. The molecule has 0 aromatic carbocycles. The molecule has 0 aliphatic carbocycles. The molecule has 0 saturated carbocycles. The second-order valence-corrected chi connectivity index (χ2v) is 16.4. The Morgan fingerprint density at radius 2 is 1.25 bits per heavy atom. The van der Waals surface area contributed by atoms with Crippen molar-refractivity contribution in [2.24, 2.45) is 4.76 Å². The van der Waals surface area contributed by atoms with Crippen LogP contribution < -0.4 is 10.6 Å². The van der Waals surface area contributed by atoms with Gasteiger partial charge in [-0.3, -0.25) is 15.0 Å². The Bertz CT molecular complexity index is 1020. The molecule has 3 heterocycles. The summed E-state index contributed by atoms with van der Waals surface area (Å²) in [5, 5.41) is 4.87. The molecule has 1 radical (unpaired) electrons. The van der Waals surface area contributed by atoms with Crippen molar-refractivity contribution in [3.63, 3.8) is 0 Å². The van der Waals surface area contributed by atoms with E-state index in [1.54, 1.807) is 12.4 Å². The van der Waals surface area contributed by atoms with Crippen LogP contribution in [0.5, 0.6) is 0 Å². The first kappa shape index (κ1) is 32.3. The van der Waals surface area contributed by atoms with Gasteiger partial charge in [0.25, 0.3) is 0 Å². The fraction of sp³-hybridized carbons (Fsp3) is 0.500. The van der Waals surface area contributed by atoms with Crippen LogP contribution in [0.25, 0.3) is 16.5 Å². The Hall–Kier alpha value is -1.72. The molecule has 0 saturated heterocycles. The SMILES string of the molecule is Cc1nc([N-][PH+](C(C)C)C(C)C)[n-]/c(=N\[PH+](C(C)C)C(C)C)n1.[Co+2].c1ccc(-c2ccccn2)nc1. The Balaban J connectivity index is 0.000000416. The van der Waals surface area contributed by atoms with Gasteiger partial charge in [-0.25, -0.2) is 0 Å². The molecule has 36 heavy (non-hydrogen) atoms. The van der Waals surface area contributed by atoms with Crippen LogP contribution >= 0.6 is 16.1 Å². The molecule has 0 N–H and O–H groups in total. The molecular formula is C26H41CoN7P2+2. The first-order valence-corrected chi connectivity index (χ1v) is 15.5. The van der Waals surface area contributed by atoms with Crippen LogP contribution in [0.3, 0.4) is 0 Å². The zero-order chi connectivity index (χ0) is 26.0. The van der Waals surface area contributed by atoms with E-state index >= 15 is 0 Å². The summed E-state index contributed by atoms with van der Waals surface area (Å²) in [5.41, 5.74) is 4.64. The number of hydrogen-bond acceptors (Lipinski definition) is 5. The first-order chi connectivity index (χ1) is 16.6. The van der Waals surface area contributed by atoms with Gasteiger partial charge in [0, 0.05) is 20.5 Å². The normalized spacial score (nSPS) is 11.8.